The summed E-state index contributed by atoms with van der Waals surface area (Å²) in [5, 5.41) is 0. The highest BCUT2D eigenvalue weighted by atomic mass is 36.6. The fourth-order valence-electron chi connectivity index (χ4n) is 0. The van der Waals surface area contributed by atoms with Crippen LogP contribution in [0, 0.1) is 0 Å². The van der Waals surface area contributed by atoms with Crippen molar-refractivity contribution in [2.75, 3.05) is 0 Å². The van der Waals surface area contributed by atoms with E-state index in [0.29, 0.717) is 0 Å². The van der Waals surface area contributed by atoms with Crippen molar-refractivity contribution in [2.24, 2.45) is 0 Å². The summed E-state index contributed by atoms with van der Waals surface area (Å²) in [7, 11) is 22.9. The predicted molar refractivity (Wildman–Crippen MR) is 42.9 cm³/mol. The van der Waals surface area contributed by atoms with Crippen molar-refractivity contribution >= 4 is 57.8 Å². The average molecular weight is 278 g/mol. The van der Waals surface area contributed by atoms with Gasteiger partial charge in [0.2, 0.25) is 0 Å². The summed E-state index contributed by atoms with van der Waals surface area (Å²) in [6.07, 6.45) is 0. The van der Waals surface area contributed by atoms with Crippen LogP contribution < -0.4 is 0 Å². The van der Waals surface area contributed by atoms with Gasteiger partial charge in [-0.3, -0.25) is 0 Å². The van der Waals surface area contributed by atoms with Crippen LogP contribution in [0.5, 0.6) is 0 Å². The number of hydrogen-bond donors (Lipinski definition) is 0. The fourth-order valence-corrected chi connectivity index (χ4v) is 0. The Hall–Kier alpha value is 1.59. The summed E-state index contributed by atoms with van der Waals surface area (Å²) in [4.78, 5) is 0. The van der Waals surface area contributed by atoms with Gasteiger partial charge in [-0.25, -0.2) is 0 Å². The molecular weight excluding hydrogens is 278 g/mol. The zero-order valence-electron chi connectivity index (χ0n) is 3.93. The van der Waals surface area contributed by atoms with E-state index in [0.717, 1.165) is 0 Å². The highest BCUT2D eigenvalue weighted by molar-refractivity contribution is 9.23. The van der Waals surface area contributed by atoms with Crippen LogP contribution in [-0.4, -0.2) is 5.51 Å². The van der Waals surface area contributed by atoms with Crippen molar-refractivity contribution < 1.29 is 13.2 Å². The van der Waals surface area contributed by atoms with Gasteiger partial charge in [0.15, 0.2) is 0 Å². The highest BCUT2D eigenvalue weighted by Gasteiger charge is 2.74. The zero-order chi connectivity index (χ0) is 8.91. The molecule has 0 rings (SSSR count). The maximum absolute atomic E-state index is 11.7. The van der Waals surface area contributed by atoms with E-state index in [1.165, 1.54) is 0 Å². The summed E-state index contributed by atoms with van der Waals surface area (Å²) in [5.41, 5.74) is -5.24. The van der Waals surface area contributed by atoms with Crippen molar-refractivity contribution in [3.63, 3.8) is 0 Å². The molecule has 0 bridgehead atoms. The molecule has 0 aromatic rings. The molecule has 0 N–H and O–H groups in total. The molecule has 10 heavy (non-hydrogen) atoms. The highest BCUT2D eigenvalue weighted by Crippen LogP contribution is 3.14. The van der Waals surface area contributed by atoms with Crippen molar-refractivity contribution in [3.8, 4) is 0 Å². The summed E-state index contributed by atoms with van der Waals surface area (Å²) in [5.74, 6) is 0. The minimum atomic E-state index is -6.39. The van der Waals surface area contributed by atoms with Crippen LogP contribution in [0.1, 0.15) is 0 Å². The Balaban J connectivity index is 5.14. The Morgan fingerprint density at radius 3 is 0.900 bits per heavy atom. The molecule has 0 heterocycles. The second kappa shape index (κ2) is 1.91. The van der Waals surface area contributed by atoms with Crippen molar-refractivity contribution in [1.29, 1.82) is 0 Å². The van der Waals surface area contributed by atoms with Crippen LogP contribution in [0.2, 0.25) is 0 Å². The van der Waals surface area contributed by atoms with E-state index >= 15 is 0 Å². The van der Waals surface area contributed by atoms with Gasteiger partial charge in [0.1, 0.15) is 4.36 Å². The Morgan fingerprint density at radius 2 is 0.900 bits per heavy atom. The average Bonchev–Trinajstić information content (AvgIpc) is 1.16. The van der Waals surface area contributed by atoms with Crippen LogP contribution in [0.15, 0.2) is 0 Å². The first-order chi connectivity index (χ1) is 3.75. The van der Waals surface area contributed by atoms with Gasteiger partial charge < -0.3 is 0 Å². The summed E-state index contributed by atoms with van der Waals surface area (Å²) < 4.78 is 28.8. The number of rotatable bonds is 0. The first kappa shape index (κ1) is 11.6. The maximum atomic E-state index is 11.7. The number of hydrogen-bond acceptors (Lipinski definition) is 0. The normalized spacial score (nSPS) is 21.6. The summed E-state index contributed by atoms with van der Waals surface area (Å²) >= 11 is 0. The van der Waals surface area contributed by atoms with E-state index in [9.17, 15) is 13.2 Å². The third kappa shape index (κ3) is 2.57. The molecule has 0 aliphatic heterocycles. The molecule has 0 saturated carbocycles. The molecule has 0 saturated heterocycles. The molecule has 66 valence electrons. The van der Waals surface area contributed by atoms with Gasteiger partial charge in [0, 0.05) is 0 Å². The van der Waals surface area contributed by atoms with Gasteiger partial charge in [-0.05, 0) is 53.4 Å². The van der Waals surface area contributed by atoms with E-state index < -0.39 is 9.87 Å². The lowest BCUT2D eigenvalue weighted by Gasteiger charge is -2.50. The Morgan fingerprint density at radius 1 is 0.800 bits per heavy atom. The van der Waals surface area contributed by atoms with Gasteiger partial charge in [-0.2, -0.15) is 13.2 Å². The molecule has 0 radical (unpaired) electrons. The van der Waals surface area contributed by atoms with E-state index in [2.05, 4.69) is 53.4 Å². The molecule has 0 spiro atoms. The molecule has 0 nitrogen and oxygen atoms in total. The minimum Gasteiger partial charge on any atom is -0.158 e. The first-order valence-electron chi connectivity index (χ1n) is 1.54. The molecule has 0 aliphatic rings. The van der Waals surface area contributed by atoms with Gasteiger partial charge >= 0.3 is 5.51 Å². The lowest BCUT2D eigenvalue weighted by molar-refractivity contribution is -0.0354. The molecule has 0 aliphatic carbocycles. The fraction of sp³-hybridized carbons (Fsp3) is 1.00. The molecular formula is CCl5F3S. The summed E-state index contributed by atoms with van der Waals surface area (Å²) in [6.45, 7) is 0. The lowest BCUT2D eigenvalue weighted by Crippen LogP contribution is -2.22. The SMILES string of the molecule is FC(F)(F)S(Cl)(Cl)(Cl)(Cl)Cl. The van der Waals surface area contributed by atoms with E-state index in [-0.39, 0.29) is 0 Å². The molecule has 0 aromatic carbocycles. The second-order valence-corrected chi connectivity index (χ2v) is 20.1. The third-order valence-electron chi connectivity index (χ3n) is 0.437. The molecule has 0 atom stereocenters. The topological polar surface area (TPSA) is 0 Å². The largest absolute Gasteiger partial charge is 0.469 e. The van der Waals surface area contributed by atoms with Gasteiger partial charge in [-0.1, -0.05) is 0 Å². The third-order valence-corrected chi connectivity index (χ3v) is 3.94. The standard InChI is InChI=1S/CCl5F3S/c2-10(3,4,5,6)1(7,8)9. The molecule has 0 fully saturated rings. The monoisotopic (exact) mass is 276 g/mol. The quantitative estimate of drug-likeness (QED) is 0.574. The van der Waals surface area contributed by atoms with Crippen molar-refractivity contribution in [1.82, 2.24) is 0 Å². The van der Waals surface area contributed by atoms with Gasteiger partial charge in [-0.15, -0.1) is 0 Å². The van der Waals surface area contributed by atoms with Gasteiger partial charge in [0.25, 0.3) is 0 Å². The van der Waals surface area contributed by atoms with Crippen LogP contribution in [-0.2, 0) is 0 Å². The molecule has 9 heteroatoms. The van der Waals surface area contributed by atoms with Crippen LogP contribution in [0.4, 0.5) is 13.2 Å². The zero-order valence-corrected chi connectivity index (χ0v) is 8.53. The first-order valence-corrected chi connectivity index (χ1v) is 8.12. The summed E-state index contributed by atoms with van der Waals surface area (Å²) in [6, 6.07) is 0. The second-order valence-electron chi connectivity index (χ2n) is 1.41. The smallest absolute Gasteiger partial charge is 0.158 e. The predicted octanol–water partition coefficient (Wildman–Crippen LogP) is 5.15. The van der Waals surface area contributed by atoms with Crippen LogP contribution in [0.3, 0.4) is 0 Å². The molecule has 0 unspecified atom stereocenters. The van der Waals surface area contributed by atoms with Crippen molar-refractivity contribution in [3.05, 3.63) is 0 Å². The Labute approximate surface area is 76.3 Å². The van der Waals surface area contributed by atoms with Gasteiger partial charge in [0.05, 0.1) is 0 Å². The number of alkyl halides is 3. The minimum absolute atomic E-state index is 4.57. The van der Waals surface area contributed by atoms with E-state index in [1.807, 2.05) is 0 Å². The lowest BCUT2D eigenvalue weighted by atomic mass is 11.6. The number of halogens is 8. The van der Waals surface area contributed by atoms with Crippen LogP contribution >= 0.6 is 57.8 Å². The Bertz CT molecular complexity index is 147. The molecule has 0 amide bonds. The Kier molecular flexibility index (Phi) is 2.21. The van der Waals surface area contributed by atoms with E-state index in [4.69, 9.17) is 0 Å². The van der Waals surface area contributed by atoms with E-state index in [1.54, 1.807) is 0 Å². The maximum Gasteiger partial charge on any atom is 0.469 e. The van der Waals surface area contributed by atoms with Crippen LogP contribution in [0.25, 0.3) is 0 Å². The van der Waals surface area contributed by atoms with Crippen molar-refractivity contribution in [2.45, 2.75) is 5.51 Å². The molecule has 0 aromatic heterocycles.